The van der Waals surface area contributed by atoms with Crippen molar-refractivity contribution in [2.75, 3.05) is 5.32 Å². The number of hydrogen-bond donors (Lipinski definition) is 3. The second-order valence-electron chi connectivity index (χ2n) is 4.93. The van der Waals surface area contributed by atoms with Gasteiger partial charge in [-0.1, -0.05) is 0 Å². The first-order chi connectivity index (χ1) is 9.52. The van der Waals surface area contributed by atoms with E-state index >= 15 is 0 Å². The quantitative estimate of drug-likeness (QED) is 0.798. The maximum atomic E-state index is 11.9. The van der Waals surface area contributed by atoms with Gasteiger partial charge in [-0.25, -0.2) is 4.79 Å². The van der Waals surface area contributed by atoms with Crippen LogP contribution in [0, 0.1) is 13.8 Å². The summed E-state index contributed by atoms with van der Waals surface area (Å²) in [4.78, 5) is 15.9. The largest absolute Gasteiger partial charge is 0.335 e. The number of hydrogen-bond acceptors (Lipinski definition) is 3. The van der Waals surface area contributed by atoms with Gasteiger partial charge in [0.1, 0.15) is 0 Å². The fourth-order valence-corrected chi connectivity index (χ4v) is 1.96. The lowest BCUT2D eigenvalue weighted by molar-refractivity contribution is 0.249. The molecular formula is C14H19N5O. The van der Waals surface area contributed by atoms with Gasteiger partial charge in [0, 0.05) is 35.7 Å². The van der Waals surface area contributed by atoms with Crippen LogP contribution in [0.5, 0.6) is 0 Å². The van der Waals surface area contributed by atoms with Gasteiger partial charge in [-0.2, -0.15) is 5.10 Å². The first-order valence-electron chi connectivity index (χ1n) is 6.54. The third kappa shape index (κ3) is 4.08. The van der Waals surface area contributed by atoms with E-state index in [1.807, 2.05) is 32.9 Å². The molecule has 0 aliphatic heterocycles. The molecule has 0 saturated carbocycles. The summed E-state index contributed by atoms with van der Waals surface area (Å²) in [6.45, 7) is 5.78. The van der Waals surface area contributed by atoms with Crippen LogP contribution in [0.3, 0.4) is 0 Å². The average molecular weight is 273 g/mol. The maximum absolute atomic E-state index is 11.9. The van der Waals surface area contributed by atoms with Crippen molar-refractivity contribution in [1.82, 2.24) is 20.5 Å². The minimum atomic E-state index is -0.227. The van der Waals surface area contributed by atoms with Crippen molar-refractivity contribution in [3.8, 4) is 0 Å². The molecule has 0 radical (unpaired) electrons. The number of rotatable bonds is 4. The van der Waals surface area contributed by atoms with E-state index in [9.17, 15) is 4.79 Å². The van der Waals surface area contributed by atoms with Gasteiger partial charge in [-0.3, -0.25) is 10.1 Å². The normalized spacial score (nSPS) is 11.9. The standard InChI is InChI=1S/C14H19N5O/c1-9-6-12(4-5-15-9)17-14(20)16-10(2)7-13-8-11(3)18-19-13/h4-6,8,10H,7H2,1-3H3,(H,18,19)(H2,15,16,17,20). The topological polar surface area (TPSA) is 82.7 Å². The Labute approximate surface area is 118 Å². The van der Waals surface area contributed by atoms with E-state index in [1.165, 1.54) is 0 Å². The summed E-state index contributed by atoms with van der Waals surface area (Å²) < 4.78 is 0. The average Bonchev–Trinajstić information content (AvgIpc) is 2.74. The summed E-state index contributed by atoms with van der Waals surface area (Å²) in [7, 11) is 0. The first-order valence-corrected chi connectivity index (χ1v) is 6.54. The van der Waals surface area contributed by atoms with Gasteiger partial charge in [0.15, 0.2) is 0 Å². The van der Waals surface area contributed by atoms with Gasteiger partial charge in [0.05, 0.1) is 5.69 Å². The molecule has 6 nitrogen and oxygen atoms in total. The molecule has 3 N–H and O–H groups in total. The molecule has 0 aliphatic carbocycles. The van der Waals surface area contributed by atoms with Crippen LogP contribution in [0.2, 0.25) is 0 Å². The third-order valence-corrected chi connectivity index (χ3v) is 2.81. The van der Waals surface area contributed by atoms with Crippen LogP contribution < -0.4 is 10.6 Å². The number of nitrogens with one attached hydrogen (secondary N) is 3. The molecule has 0 fully saturated rings. The van der Waals surface area contributed by atoms with E-state index in [-0.39, 0.29) is 12.1 Å². The molecule has 6 heteroatoms. The van der Waals surface area contributed by atoms with Gasteiger partial charge < -0.3 is 10.6 Å². The van der Waals surface area contributed by atoms with Crippen molar-refractivity contribution in [3.63, 3.8) is 0 Å². The van der Waals surface area contributed by atoms with Gasteiger partial charge in [-0.05, 0) is 39.0 Å². The Morgan fingerprint density at radius 1 is 1.40 bits per heavy atom. The number of aromatic nitrogens is 3. The number of amides is 2. The van der Waals surface area contributed by atoms with Crippen molar-refractivity contribution in [2.24, 2.45) is 0 Å². The Hall–Kier alpha value is -2.37. The van der Waals surface area contributed by atoms with Crippen molar-refractivity contribution in [3.05, 3.63) is 41.5 Å². The van der Waals surface area contributed by atoms with Crippen LogP contribution in [0.1, 0.15) is 24.0 Å². The minimum Gasteiger partial charge on any atom is -0.335 e. The van der Waals surface area contributed by atoms with Crippen molar-refractivity contribution in [2.45, 2.75) is 33.2 Å². The molecule has 0 saturated heterocycles. The van der Waals surface area contributed by atoms with Gasteiger partial charge in [0.25, 0.3) is 0 Å². The Morgan fingerprint density at radius 3 is 2.85 bits per heavy atom. The monoisotopic (exact) mass is 273 g/mol. The molecule has 0 aromatic carbocycles. The van der Waals surface area contributed by atoms with E-state index in [4.69, 9.17) is 0 Å². The Balaban J connectivity index is 1.84. The third-order valence-electron chi connectivity index (χ3n) is 2.81. The number of aromatic amines is 1. The number of nitrogens with zero attached hydrogens (tertiary/aromatic N) is 2. The van der Waals surface area contributed by atoms with Gasteiger partial charge in [0.2, 0.25) is 0 Å². The van der Waals surface area contributed by atoms with Crippen LogP contribution in [0.4, 0.5) is 10.5 Å². The molecule has 0 aliphatic rings. The molecule has 106 valence electrons. The summed E-state index contributed by atoms with van der Waals surface area (Å²) in [5.41, 5.74) is 3.56. The zero-order valence-corrected chi connectivity index (χ0v) is 11.9. The first kappa shape index (κ1) is 14.0. The van der Waals surface area contributed by atoms with Crippen molar-refractivity contribution >= 4 is 11.7 Å². The molecule has 20 heavy (non-hydrogen) atoms. The lowest BCUT2D eigenvalue weighted by Crippen LogP contribution is -2.37. The van der Waals surface area contributed by atoms with Crippen LogP contribution in [-0.2, 0) is 6.42 Å². The lowest BCUT2D eigenvalue weighted by atomic mass is 10.2. The molecule has 2 aromatic heterocycles. The SMILES string of the molecule is Cc1cc(NC(=O)NC(C)Cc2cc(C)[nH]n2)ccn1. The lowest BCUT2D eigenvalue weighted by Gasteiger charge is -2.13. The highest BCUT2D eigenvalue weighted by atomic mass is 16.2. The van der Waals surface area contributed by atoms with E-state index in [0.29, 0.717) is 6.42 Å². The molecule has 2 rings (SSSR count). The molecule has 1 unspecified atom stereocenters. The summed E-state index contributed by atoms with van der Waals surface area (Å²) in [5.74, 6) is 0. The number of carbonyl (C=O) groups excluding carboxylic acids is 1. The van der Waals surface area contributed by atoms with Crippen molar-refractivity contribution in [1.29, 1.82) is 0 Å². The Morgan fingerprint density at radius 2 is 2.20 bits per heavy atom. The molecule has 0 spiro atoms. The highest BCUT2D eigenvalue weighted by molar-refractivity contribution is 5.89. The molecule has 2 heterocycles. The molecule has 2 aromatic rings. The summed E-state index contributed by atoms with van der Waals surface area (Å²) in [5, 5.41) is 12.7. The number of anilines is 1. The highest BCUT2D eigenvalue weighted by Gasteiger charge is 2.10. The minimum absolute atomic E-state index is 0.000587. The van der Waals surface area contributed by atoms with Gasteiger partial charge in [-0.15, -0.1) is 0 Å². The fraction of sp³-hybridized carbons (Fsp3) is 0.357. The second-order valence-corrected chi connectivity index (χ2v) is 4.93. The van der Waals surface area contributed by atoms with E-state index in [2.05, 4.69) is 25.8 Å². The zero-order valence-electron chi connectivity index (χ0n) is 11.9. The molecule has 1 atom stereocenters. The number of pyridine rings is 1. The smallest absolute Gasteiger partial charge is 0.319 e. The van der Waals surface area contributed by atoms with Crippen LogP contribution in [-0.4, -0.2) is 27.3 Å². The van der Waals surface area contributed by atoms with Crippen LogP contribution >= 0.6 is 0 Å². The highest BCUT2D eigenvalue weighted by Crippen LogP contribution is 2.07. The van der Waals surface area contributed by atoms with Gasteiger partial charge >= 0.3 is 6.03 Å². The molecule has 2 amide bonds. The van der Waals surface area contributed by atoms with E-state index in [1.54, 1.807) is 12.3 Å². The zero-order chi connectivity index (χ0) is 14.5. The van der Waals surface area contributed by atoms with Crippen molar-refractivity contribution < 1.29 is 4.79 Å². The predicted molar refractivity (Wildman–Crippen MR) is 77.6 cm³/mol. The number of carbonyl (C=O) groups is 1. The summed E-state index contributed by atoms with van der Waals surface area (Å²) >= 11 is 0. The molecule has 0 bridgehead atoms. The maximum Gasteiger partial charge on any atom is 0.319 e. The van der Waals surface area contributed by atoms with Crippen LogP contribution in [0.25, 0.3) is 0 Å². The second kappa shape index (κ2) is 6.18. The van der Waals surface area contributed by atoms with E-state index < -0.39 is 0 Å². The Kier molecular flexibility index (Phi) is 4.34. The number of H-pyrrole nitrogens is 1. The fourth-order valence-electron chi connectivity index (χ4n) is 1.96. The van der Waals surface area contributed by atoms with Crippen LogP contribution in [0.15, 0.2) is 24.4 Å². The summed E-state index contributed by atoms with van der Waals surface area (Å²) in [6, 6.07) is 5.33. The van der Waals surface area contributed by atoms with E-state index in [0.717, 1.165) is 22.8 Å². The Bertz CT molecular complexity index is 593. The number of urea groups is 1. The number of aryl methyl sites for hydroxylation is 2. The molecular weight excluding hydrogens is 254 g/mol. The predicted octanol–water partition coefficient (Wildman–Crippen LogP) is 2.17. The summed E-state index contributed by atoms with van der Waals surface area (Å²) in [6.07, 6.45) is 2.36.